The number of nitrogens with zero attached hydrogens (tertiary/aromatic N) is 1. The predicted octanol–water partition coefficient (Wildman–Crippen LogP) is 1.56. The van der Waals surface area contributed by atoms with E-state index in [0.29, 0.717) is 18.4 Å². The Kier molecular flexibility index (Phi) is 6.52. The van der Waals surface area contributed by atoms with E-state index >= 15 is 0 Å². The van der Waals surface area contributed by atoms with Crippen molar-refractivity contribution in [2.75, 3.05) is 26.2 Å². The van der Waals surface area contributed by atoms with Gasteiger partial charge in [0.05, 0.1) is 0 Å². The fourth-order valence-electron chi connectivity index (χ4n) is 2.77. The number of hydrogen-bond donors (Lipinski definition) is 2. The summed E-state index contributed by atoms with van der Waals surface area (Å²) in [5.41, 5.74) is 0. The molecule has 0 aromatic carbocycles. The number of rotatable bonds is 7. The summed E-state index contributed by atoms with van der Waals surface area (Å²) in [6.45, 7) is 8.64. The van der Waals surface area contributed by atoms with Gasteiger partial charge >= 0.3 is 5.97 Å². The second kappa shape index (κ2) is 7.67. The van der Waals surface area contributed by atoms with Crippen molar-refractivity contribution in [2.45, 2.75) is 45.6 Å². The summed E-state index contributed by atoms with van der Waals surface area (Å²) in [4.78, 5) is 13.1. The number of carbonyl (C=O) groups is 1. The zero-order valence-electron chi connectivity index (χ0n) is 11.1. The van der Waals surface area contributed by atoms with E-state index in [2.05, 4.69) is 24.1 Å². The average molecular weight is 242 g/mol. The van der Waals surface area contributed by atoms with Crippen molar-refractivity contribution in [3.8, 4) is 0 Å². The van der Waals surface area contributed by atoms with Crippen molar-refractivity contribution < 1.29 is 9.90 Å². The maximum Gasteiger partial charge on any atom is 0.303 e. The first-order valence-corrected chi connectivity index (χ1v) is 6.83. The molecule has 1 heterocycles. The number of aliphatic carboxylic acids is 1. The number of piperidine rings is 1. The Morgan fingerprint density at radius 2 is 2.18 bits per heavy atom. The zero-order valence-corrected chi connectivity index (χ0v) is 11.1. The molecule has 100 valence electrons. The van der Waals surface area contributed by atoms with E-state index < -0.39 is 5.97 Å². The highest BCUT2D eigenvalue weighted by atomic mass is 16.4. The van der Waals surface area contributed by atoms with Crippen LogP contribution < -0.4 is 5.32 Å². The Morgan fingerprint density at radius 3 is 2.76 bits per heavy atom. The molecule has 4 nitrogen and oxygen atoms in total. The summed E-state index contributed by atoms with van der Waals surface area (Å²) in [5.74, 6) is -0.131. The molecule has 1 rings (SSSR count). The Balaban J connectivity index is 2.42. The molecule has 2 N–H and O–H groups in total. The summed E-state index contributed by atoms with van der Waals surface area (Å²) < 4.78 is 0. The van der Waals surface area contributed by atoms with Crippen molar-refractivity contribution in [3.63, 3.8) is 0 Å². The lowest BCUT2D eigenvalue weighted by Gasteiger charge is -2.38. The number of carboxylic acids is 1. The second-order valence-corrected chi connectivity index (χ2v) is 5.05. The molecule has 0 radical (unpaired) electrons. The van der Waals surface area contributed by atoms with Gasteiger partial charge in [-0.15, -0.1) is 0 Å². The molecule has 0 aromatic rings. The highest BCUT2D eigenvalue weighted by Gasteiger charge is 2.26. The maximum absolute atomic E-state index is 10.6. The molecular weight excluding hydrogens is 216 g/mol. The first-order chi connectivity index (χ1) is 8.15. The van der Waals surface area contributed by atoms with Crippen LogP contribution in [0.4, 0.5) is 0 Å². The zero-order chi connectivity index (χ0) is 12.7. The molecule has 0 spiro atoms. The molecular formula is C13H26N2O2. The summed E-state index contributed by atoms with van der Waals surface area (Å²) in [7, 11) is 0. The van der Waals surface area contributed by atoms with E-state index in [1.54, 1.807) is 0 Å². The van der Waals surface area contributed by atoms with Crippen LogP contribution in [0.2, 0.25) is 0 Å². The first-order valence-electron chi connectivity index (χ1n) is 6.83. The third-order valence-electron chi connectivity index (χ3n) is 3.41. The molecule has 2 unspecified atom stereocenters. The van der Waals surface area contributed by atoms with Gasteiger partial charge in [-0.25, -0.2) is 0 Å². The summed E-state index contributed by atoms with van der Waals surface area (Å²) >= 11 is 0. The molecule has 0 saturated carbocycles. The third-order valence-corrected chi connectivity index (χ3v) is 3.41. The van der Waals surface area contributed by atoms with Crippen LogP contribution >= 0.6 is 0 Å². The molecule has 1 aliphatic heterocycles. The van der Waals surface area contributed by atoms with Gasteiger partial charge in [-0.1, -0.05) is 13.8 Å². The average Bonchev–Trinajstić information content (AvgIpc) is 2.27. The van der Waals surface area contributed by atoms with Gasteiger partial charge in [0.15, 0.2) is 0 Å². The van der Waals surface area contributed by atoms with Crippen molar-refractivity contribution >= 4 is 5.97 Å². The maximum atomic E-state index is 10.6. The predicted molar refractivity (Wildman–Crippen MR) is 69.2 cm³/mol. The second-order valence-electron chi connectivity index (χ2n) is 5.05. The van der Waals surface area contributed by atoms with Gasteiger partial charge in [0.2, 0.25) is 0 Å². The SMILES string of the molecule is CCCN1CC(CCC(=O)O)CC(NCC)C1. The lowest BCUT2D eigenvalue weighted by molar-refractivity contribution is -0.137. The van der Waals surface area contributed by atoms with Crippen molar-refractivity contribution in [2.24, 2.45) is 5.92 Å². The molecule has 1 fully saturated rings. The molecule has 0 aromatic heterocycles. The minimum absolute atomic E-state index is 0.309. The number of likely N-dealkylation sites (tertiary alicyclic amines) is 1. The van der Waals surface area contributed by atoms with Crippen molar-refractivity contribution in [1.82, 2.24) is 10.2 Å². The Hall–Kier alpha value is -0.610. The van der Waals surface area contributed by atoms with E-state index in [1.165, 1.54) is 6.42 Å². The molecule has 4 heteroatoms. The standard InChI is InChI=1S/C13H26N2O2/c1-3-7-15-9-11(5-6-13(16)17)8-12(10-15)14-4-2/h11-12,14H,3-10H2,1-2H3,(H,16,17). The van der Waals surface area contributed by atoms with Gasteiger partial charge in [0.25, 0.3) is 0 Å². The van der Waals surface area contributed by atoms with Crippen LogP contribution in [0, 0.1) is 5.92 Å². The van der Waals surface area contributed by atoms with Crippen LogP contribution in [0.25, 0.3) is 0 Å². The number of nitrogens with one attached hydrogen (secondary N) is 1. The highest BCUT2D eigenvalue weighted by molar-refractivity contribution is 5.66. The molecule has 0 bridgehead atoms. The van der Waals surface area contributed by atoms with Gasteiger partial charge in [-0.05, 0) is 38.3 Å². The van der Waals surface area contributed by atoms with Crippen LogP contribution in [0.3, 0.4) is 0 Å². The van der Waals surface area contributed by atoms with E-state index in [-0.39, 0.29) is 0 Å². The van der Waals surface area contributed by atoms with Gasteiger partial charge < -0.3 is 15.3 Å². The molecule has 2 atom stereocenters. The van der Waals surface area contributed by atoms with Gasteiger partial charge in [-0.2, -0.15) is 0 Å². The summed E-state index contributed by atoms with van der Waals surface area (Å²) in [5, 5.41) is 12.3. The molecule has 1 aliphatic rings. The monoisotopic (exact) mass is 242 g/mol. The van der Waals surface area contributed by atoms with E-state index in [1.807, 2.05) is 0 Å². The lowest BCUT2D eigenvalue weighted by Crippen LogP contribution is -2.49. The lowest BCUT2D eigenvalue weighted by atomic mass is 9.90. The largest absolute Gasteiger partial charge is 0.481 e. The summed E-state index contributed by atoms with van der Waals surface area (Å²) in [6.07, 6.45) is 3.42. The molecule has 1 saturated heterocycles. The Labute approximate surface area is 104 Å². The third kappa shape index (κ3) is 5.50. The van der Waals surface area contributed by atoms with Crippen molar-refractivity contribution in [3.05, 3.63) is 0 Å². The fourth-order valence-corrected chi connectivity index (χ4v) is 2.77. The molecule has 17 heavy (non-hydrogen) atoms. The smallest absolute Gasteiger partial charge is 0.303 e. The number of hydrogen-bond acceptors (Lipinski definition) is 3. The Morgan fingerprint density at radius 1 is 1.41 bits per heavy atom. The molecule has 0 aliphatic carbocycles. The quantitative estimate of drug-likeness (QED) is 0.711. The number of likely N-dealkylation sites (N-methyl/N-ethyl adjacent to an activating group) is 1. The van der Waals surface area contributed by atoms with Crippen molar-refractivity contribution in [1.29, 1.82) is 0 Å². The minimum atomic E-state index is -0.669. The van der Waals surface area contributed by atoms with E-state index in [9.17, 15) is 4.79 Å². The van der Waals surface area contributed by atoms with Crippen LogP contribution in [-0.2, 0) is 4.79 Å². The van der Waals surface area contributed by atoms with Gasteiger partial charge in [-0.3, -0.25) is 4.79 Å². The van der Waals surface area contributed by atoms with E-state index in [4.69, 9.17) is 5.11 Å². The fraction of sp³-hybridized carbons (Fsp3) is 0.923. The Bertz CT molecular complexity index is 219. The van der Waals surface area contributed by atoms with Crippen LogP contribution in [0.5, 0.6) is 0 Å². The summed E-state index contributed by atoms with van der Waals surface area (Å²) in [6, 6.07) is 0.541. The van der Waals surface area contributed by atoms with E-state index in [0.717, 1.165) is 39.0 Å². The topological polar surface area (TPSA) is 52.6 Å². The number of carboxylic acid groups (broad SMARTS) is 1. The minimum Gasteiger partial charge on any atom is -0.481 e. The van der Waals surface area contributed by atoms with Gasteiger partial charge in [0, 0.05) is 25.6 Å². The van der Waals surface area contributed by atoms with Crippen LogP contribution in [0.1, 0.15) is 39.5 Å². The normalized spacial score (nSPS) is 26.0. The van der Waals surface area contributed by atoms with Crippen LogP contribution in [-0.4, -0.2) is 48.2 Å². The van der Waals surface area contributed by atoms with Gasteiger partial charge in [0.1, 0.15) is 0 Å². The molecule has 0 amide bonds. The first kappa shape index (κ1) is 14.5. The van der Waals surface area contributed by atoms with Crippen LogP contribution in [0.15, 0.2) is 0 Å². The highest BCUT2D eigenvalue weighted by Crippen LogP contribution is 2.21.